The molecule has 0 saturated carbocycles. The minimum absolute atomic E-state index is 0.301. The van der Waals surface area contributed by atoms with E-state index in [0.717, 1.165) is 30.4 Å². The molecule has 1 rings (SSSR count). The Labute approximate surface area is 107 Å². The average Bonchev–Trinajstić information content (AvgIpc) is 2.25. The zero-order valence-electron chi connectivity index (χ0n) is 10.1. The van der Waals surface area contributed by atoms with Gasteiger partial charge in [0.25, 0.3) is 0 Å². The third-order valence-corrected chi connectivity index (χ3v) is 3.19. The quantitative estimate of drug-likeness (QED) is 0.870. The molecule has 0 aliphatic heterocycles. The van der Waals surface area contributed by atoms with E-state index in [1.54, 1.807) is 0 Å². The van der Waals surface area contributed by atoms with Crippen LogP contribution in [0.15, 0.2) is 28.7 Å². The van der Waals surface area contributed by atoms with E-state index in [2.05, 4.69) is 59.1 Å². The van der Waals surface area contributed by atoms with Crippen LogP contribution in [0, 0.1) is 0 Å². The minimum Gasteiger partial charge on any atom is -0.328 e. The van der Waals surface area contributed by atoms with Gasteiger partial charge in [-0.1, -0.05) is 28.1 Å². The van der Waals surface area contributed by atoms with E-state index in [1.165, 1.54) is 5.56 Å². The summed E-state index contributed by atoms with van der Waals surface area (Å²) in [5.41, 5.74) is 7.12. The molecule has 0 heterocycles. The number of nitrogens with two attached hydrogens (primary N) is 1. The van der Waals surface area contributed by atoms with Gasteiger partial charge in [0.1, 0.15) is 0 Å². The molecule has 0 fully saturated rings. The molecule has 0 aliphatic carbocycles. The maximum atomic E-state index is 5.73. The van der Waals surface area contributed by atoms with Crippen LogP contribution in [0.3, 0.4) is 0 Å². The molecule has 0 aromatic heterocycles. The average molecular weight is 285 g/mol. The van der Waals surface area contributed by atoms with Crippen LogP contribution in [0.4, 0.5) is 0 Å². The number of rotatable bonds is 6. The Kier molecular flexibility index (Phi) is 6.03. The van der Waals surface area contributed by atoms with Crippen molar-refractivity contribution >= 4 is 15.9 Å². The lowest BCUT2D eigenvalue weighted by molar-refractivity contribution is 0.324. The van der Waals surface area contributed by atoms with Gasteiger partial charge in [-0.25, -0.2) is 0 Å². The summed E-state index contributed by atoms with van der Waals surface area (Å²) in [6, 6.07) is 8.83. The van der Waals surface area contributed by atoms with Gasteiger partial charge >= 0.3 is 0 Å². The number of hydrogen-bond acceptors (Lipinski definition) is 2. The summed E-state index contributed by atoms with van der Waals surface area (Å²) in [7, 11) is 2.15. The standard InChI is InChI=1S/C13H21BrN2/c1-11(15)7-9-16(2)10-8-12-3-5-13(14)6-4-12/h3-6,11H,7-10,15H2,1-2H3. The van der Waals surface area contributed by atoms with Crippen molar-refractivity contribution in [1.29, 1.82) is 0 Å². The second kappa shape index (κ2) is 7.05. The fourth-order valence-corrected chi connectivity index (χ4v) is 1.77. The molecule has 1 unspecified atom stereocenters. The summed E-state index contributed by atoms with van der Waals surface area (Å²) in [4.78, 5) is 2.34. The highest BCUT2D eigenvalue weighted by molar-refractivity contribution is 9.10. The molecule has 0 spiro atoms. The summed E-state index contributed by atoms with van der Waals surface area (Å²) in [6.45, 7) is 4.23. The van der Waals surface area contributed by atoms with Crippen molar-refractivity contribution in [2.75, 3.05) is 20.1 Å². The van der Waals surface area contributed by atoms with Gasteiger partial charge in [-0.2, -0.15) is 0 Å². The summed E-state index contributed by atoms with van der Waals surface area (Å²) >= 11 is 3.44. The zero-order valence-corrected chi connectivity index (χ0v) is 11.7. The number of halogens is 1. The normalized spacial score (nSPS) is 13.1. The Bertz CT molecular complexity index is 295. The third-order valence-electron chi connectivity index (χ3n) is 2.66. The van der Waals surface area contributed by atoms with E-state index in [-0.39, 0.29) is 0 Å². The molecule has 1 aromatic carbocycles. The maximum Gasteiger partial charge on any atom is 0.0175 e. The summed E-state index contributed by atoms with van der Waals surface area (Å²) in [6.07, 6.45) is 2.17. The predicted molar refractivity (Wildman–Crippen MR) is 73.6 cm³/mol. The molecule has 2 nitrogen and oxygen atoms in total. The predicted octanol–water partition coefficient (Wildman–Crippen LogP) is 2.66. The maximum absolute atomic E-state index is 5.73. The van der Waals surface area contributed by atoms with Crippen LogP contribution in [0.5, 0.6) is 0 Å². The van der Waals surface area contributed by atoms with E-state index >= 15 is 0 Å². The SMILES string of the molecule is CC(N)CCN(C)CCc1ccc(Br)cc1. The first-order valence-corrected chi connectivity index (χ1v) is 6.56. The first kappa shape index (κ1) is 13.7. The Hall–Kier alpha value is -0.380. The molecule has 1 aromatic rings. The molecule has 0 radical (unpaired) electrons. The Morgan fingerprint density at radius 3 is 2.44 bits per heavy atom. The topological polar surface area (TPSA) is 29.3 Å². The zero-order chi connectivity index (χ0) is 12.0. The van der Waals surface area contributed by atoms with E-state index in [1.807, 2.05) is 0 Å². The van der Waals surface area contributed by atoms with Crippen LogP contribution in [0.25, 0.3) is 0 Å². The van der Waals surface area contributed by atoms with Crippen LogP contribution in [-0.4, -0.2) is 31.1 Å². The first-order chi connectivity index (χ1) is 7.58. The number of hydrogen-bond donors (Lipinski definition) is 1. The lowest BCUT2D eigenvalue weighted by Crippen LogP contribution is -2.27. The highest BCUT2D eigenvalue weighted by Crippen LogP contribution is 2.11. The Morgan fingerprint density at radius 2 is 1.88 bits per heavy atom. The van der Waals surface area contributed by atoms with Crippen molar-refractivity contribution in [2.24, 2.45) is 5.73 Å². The van der Waals surface area contributed by atoms with Crippen molar-refractivity contribution in [1.82, 2.24) is 4.90 Å². The van der Waals surface area contributed by atoms with Gasteiger partial charge in [-0.05, 0) is 51.1 Å². The molecule has 0 amide bonds. The molecule has 90 valence electrons. The molecule has 1 atom stereocenters. The minimum atomic E-state index is 0.301. The van der Waals surface area contributed by atoms with E-state index < -0.39 is 0 Å². The molecular weight excluding hydrogens is 264 g/mol. The van der Waals surface area contributed by atoms with Crippen LogP contribution in [0.2, 0.25) is 0 Å². The molecule has 0 aliphatic rings. The molecule has 0 saturated heterocycles. The second-order valence-electron chi connectivity index (χ2n) is 4.45. The van der Waals surface area contributed by atoms with Crippen molar-refractivity contribution in [3.8, 4) is 0 Å². The molecule has 0 bridgehead atoms. The highest BCUT2D eigenvalue weighted by atomic mass is 79.9. The van der Waals surface area contributed by atoms with Crippen molar-refractivity contribution in [3.05, 3.63) is 34.3 Å². The van der Waals surface area contributed by atoms with Crippen molar-refractivity contribution in [2.45, 2.75) is 25.8 Å². The van der Waals surface area contributed by atoms with Crippen LogP contribution in [-0.2, 0) is 6.42 Å². The van der Waals surface area contributed by atoms with E-state index in [9.17, 15) is 0 Å². The summed E-state index contributed by atoms with van der Waals surface area (Å²) in [5.74, 6) is 0. The van der Waals surface area contributed by atoms with Gasteiger partial charge in [0.05, 0.1) is 0 Å². The van der Waals surface area contributed by atoms with E-state index in [0.29, 0.717) is 6.04 Å². The summed E-state index contributed by atoms with van der Waals surface area (Å²) < 4.78 is 1.14. The van der Waals surface area contributed by atoms with Gasteiger partial charge in [-0.3, -0.25) is 0 Å². The Morgan fingerprint density at radius 1 is 1.25 bits per heavy atom. The van der Waals surface area contributed by atoms with Gasteiger partial charge in [0.2, 0.25) is 0 Å². The number of likely N-dealkylation sites (N-methyl/N-ethyl adjacent to an activating group) is 1. The van der Waals surface area contributed by atoms with Gasteiger partial charge in [-0.15, -0.1) is 0 Å². The van der Waals surface area contributed by atoms with Crippen molar-refractivity contribution in [3.63, 3.8) is 0 Å². The molecular formula is C13H21BrN2. The van der Waals surface area contributed by atoms with Gasteiger partial charge < -0.3 is 10.6 Å². The van der Waals surface area contributed by atoms with Crippen LogP contribution in [0.1, 0.15) is 18.9 Å². The smallest absolute Gasteiger partial charge is 0.0175 e. The second-order valence-corrected chi connectivity index (χ2v) is 5.36. The molecule has 2 N–H and O–H groups in total. The lowest BCUT2D eigenvalue weighted by atomic mass is 10.1. The van der Waals surface area contributed by atoms with Gasteiger partial charge in [0, 0.05) is 17.1 Å². The number of benzene rings is 1. The monoisotopic (exact) mass is 284 g/mol. The van der Waals surface area contributed by atoms with E-state index in [4.69, 9.17) is 5.73 Å². The number of nitrogens with zero attached hydrogens (tertiary/aromatic N) is 1. The lowest BCUT2D eigenvalue weighted by Gasteiger charge is -2.17. The molecule has 3 heteroatoms. The fraction of sp³-hybridized carbons (Fsp3) is 0.538. The summed E-state index contributed by atoms with van der Waals surface area (Å²) in [5, 5.41) is 0. The third kappa shape index (κ3) is 5.64. The largest absolute Gasteiger partial charge is 0.328 e. The fourth-order valence-electron chi connectivity index (χ4n) is 1.51. The first-order valence-electron chi connectivity index (χ1n) is 5.76. The van der Waals surface area contributed by atoms with Crippen molar-refractivity contribution < 1.29 is 0 Å². The Balaban J connectivity index is 2.26. The van der Waals surface area contributed by atoms with Crippen LogP contribution < -0.4 is 5.73 Å². The van der Waals surface area contributed by atoms with Gasteiger partial charge in [0.15, 0.2) is 0 Å². The molecule has 16 heavy (non-hydrogen) atoms. The van der Waals surface area contributed by atoms with Crippen LogP contribution >= 0.6 is 15.9 Å². The highest BCUT2D eigenvalue weighted by Gasteiger charge is 2.01.